The van der Waals surface area contributed by atoms with E-state index in [4.69, 9.17) is 4.74 Å². The predicted octanol–water partition coefficient (Wildman–Crippen LogP) is 4.07. The van der Waals surface area contributed by atoms with Crippen molar-refractivity contribution >= 4 is 24.5 Å². The van der Waals surface area contributed by atoms with Crippen LogP contribution in [0.4, 0.5) is 0 Å². The lowest BCUT2D eigenvalue weighted by atomic mass is 9.86. The average molecular weight is 513 g/mol. The number of hydrogen-bond donors (Lipinski definition) is 4. The van der Waals surface area contributed by atoms with Crippen molar-refractivity contribution in [2.45, 2.75) is 56.6 Å². The molecule has 1 aliphatic carbocycles. The first-order valence-corrected chi connectivity index (χ1v) is 13.4. The minimum Gasteiger partial charge on any atom is -0.490 e. The highest BCUT2D eigenvalue weighted by atomic mass is 32.1. The molecule has 1 heterocycles. The number of benzene rings is 2. The molecule has 1 aliphatic heterocycles. The number of hydrogen-bond acceptors (Lipinski definition) is 6. The summed E-state index contributed by atoms with van der Waals surface area (Å²) in [7, 11) is 0. The molecule has 2 aromatic carbocycles. The Morgan fingerprint density at radius 2 is 1.78 bits per heavy atom. The first-order valence-electron chi connectivity index (χ1n) is 12.8. The number of piperidine rings is 1. The topological polar surface area (TPSA) is 99.1 Å². The molecule has 8 heteroatoms. The molecule has 0 bridgehead atoms. The maximum absolute atomic E-state index is 13.2. The number of likely N-dealkylation sites (tertiary alicyclic amines) is 1. The second-order valence-corrected chi connectivity index (χ2v) is 10.2. The zero-order valence-electron chi connectivity index (χ0n) is 20.6. The second kappa shape index (κ2) is 12.1. The fourth-order valence-corrected chi connectivity index (χ4v) is 5.54. The third kappa shape index (κ3) is 6.22. The van der Waals surface area contributed by atoms with Crippen LogP contribution in [0.25, 0.3) is 0 Å². The Balaban J connectivity index is 1.35. The van der Waals surface area contributed by atoms with Crippen LogP contribution in [0.5, 0.6) is 5.75 Å². The summed E-state index contributed by atoms with van der Waals surface area (Å²) >= 11 is 4.20. The Morgan fingerprint density at radius 3 is 2.47 bits per heavy atom. The van der Waals surface area contributed by atoms with Crippen molar-refractivity contribution in [1.29, 1.82) is 0 Å². The van der Waals surface area contributed by atoms with Crippen molar-refractivity contribution in [3.63, 3.8) is 0 Å². The van der Waals surface area contributed by atoms with E-state index < -0.39 is 11.6 Å². The van der Waals surface area contributed by atoms with E-state index in [1.807, 2.05) is 4.90 Å². The normalized spacial score (nSPS) is 18.7. The molecule has 194 valence electrons. The molecule has 2 fully saturated rings. The number of ether oxygens (including phenoxy) is 1. The Labute approximate surface area is 218 Å². The van der Waals surface area contributed by atoms with E-state index in [1.165, 1.54) is 11.1 Å². The SMILES string of the molecule is O=C(c1cccc(OCC(O)(C(=O)O)C2CCCC2)c1)N1CCC(c2cccc(CNCS)c2)CC1. The number of carbonyl (C=O) groups excluding carboxylic acids is 1. The van der Waals surface area contributed by atoms with E-state index >= 15 is 0 Å². The lowest BCUT2D eigenvalue weighted by Crippen LogP contribution is -2.50. The highest BCUT2D eigenvalue weighted by Gasteiger charge is 2.46. The lowest BCUT2D eigenvalue weighted by molar-refractivity contribution is -0.169. The first-order chi connectivity index (χ1) is 17.4. The number of nitrogens with one attached hydrogen (secondary N) is 1. The summed E-state index contributed by atoms with van der Waals surface area (Å²) in [6.07, 6.45) is 4.99. The Kier molecular flexibility index (Phi) is 8.93. The standard InChI is InChI=1S/C28H36N2O5S/c31-26(30-13-11-21(12-14-30)22-6-3-5-20(15-22)17-29-19-36)23-7-4-10-25(16-23)35-18-28(34,27(32)33)24-8-1-2-9-24/h3-7,10,15-16,21,24,29,34,36H,1-2,8-9,11-14,17-19H2,(H,32,33). The number of carbonyl (C=O) groups is 2. The number of thiol groups is 1. The number of carboxylic acids is 1. The third-order valence-corrected chi connectivity index (χ3v) is 7.81. The van der Waals surface area contributed by atoms with Crippen molar-refractivity contribution in [3.05, 3.63) is 65.2 Å². The van der Waals surface area contributed by atoms with Crippen molar-refractivity contribution in [3.8, 4) is 5.75 Å². The molecule has 4 rings (SSSR count). The van der Waals surface area contributed by atoms with Gasteiger partial charge in [0.25, 0.3) is 5.91 Å². The molecule has 1 saturated carbocycles. The highest BCUT2D eigenvalue weighted by molar-refractivity contribution is 7.80. The molecular formula is C28H36N2O5S. The van der Waals surface area contributed by atoms with Crippen LogP contribution in [-0.4, -0.2) is 58.2 Å². The van der Waals surface area contributed by atoms with Crippen LogP contribution in [0.1, 0.15) is 65.9 Å². The second-order valence-electron chi connectivity index (χ2n) is 9.92. The van der Waals surface area contributed by atoms with Crippen LogP contribution in [-0.2, 0) is 11.3 Å². The summed E-state index contributed by atoms with van der Waals surface area (Å²) in [5, 5.41) is 23.7. The van der Waals surface area contributed by atoms with Crippen LogP contribution in [0, 0.1) is 5.92 Å². The number of aliphatic carboxylic acids is 1. The van der Waals surface area contributed by atoms with Gasteiger partial charge in [0.2, 0.25) is 0 Å². The van der Waals surface area contributed by atoms with Gasteiger partial charge in [0.15, 0.2) is 5.60 Å². The largest absolute Gasteiger partial charge is 0.490 e. The van der Waals surface area contributed by atoms with E-state index in [0.717, 1.165) is 32.2 Å². The van der Waals surface area contributed by atoms with Gasteiger partial charge in [-0.25, -0.2) is 4.79 Å². The number of carboxylic acid groups (broad SMARTS) is 1. The van der Waals surface area contributed by atoms with Crippen LogP contribution >= 0.6 is 12.6 Å². The third-order valence-electron chi connectivity index (χ3n) is 7.59. The minimum absolute atomic E-state index is 0.0603. The van der Waals surface area contributed by atoms with E-state index in [1.54, 1.807) is 24.3 Å². The monoisotopic (exact) mass is 512 g/mol. The van der Waals surface area contributed by atoms with Gasteiger partial charge in [0, 0.05) is 37.0 Å². The quantitative estimate of drug-likeness (QED) is 0.283. The summed E-state index contributed by atoms with van der Waals surface area (Å²) < 4.78 is 5.73. The van der Waals surface area contributed by atoms with Crippen LogP contribution < -0.4 is 10.1 Å². The van der Waals surface area contributed by atoms with Crippen molar-refractivity contribution < 1.29 is 24.5 Å². The summed E-state index contributed by atoms with van der Waals surface area (Å²) in [6, 6.07) is 15.4. The Hall–Kier alpha value is -2.55. The average Bonchev–Trinajstić information content (AvgIpc) is 3.46. The number of aliphatic hydroxyl groups is 1. The number of amides is 1. The van der Waals surface area contributed by atoms with Crippen LogP contribution in [0.2, 0.25) is 0 Å². The lowest BCUT2D eigenvalue weighted by Gasteiger charge is -2.32. The predicted molar refractivity (Wildman–Crippen MR) is 141 cm³/mol. The summed E-state index contributed by atoms with van der Waals surface area (Å²) in [6.45, 7) is 1.80. The minimum atomic E-state index is -1.92. The van der Waals surface area contributed by atoms with Crippen molar-refractivity contribution in [2.75, 3.05) is 25.6 Å². The maximum Gasteiger partial charge on any atom is 0.339 e. The van der Waals surface area contributed by atoms with Crippen LogP contribution in [0.15, 0.2) is 48.5 Å². The van der Waals surface area contributed by atoms with Crippen molar-refractivity contribution in [1.82, 2.24) is 10.2 Å². The molecule has 1 saturated heterocycles. The Morgan fingerprint density at radius 1 is 1.06 bits per heavy atom. The number of rotatable bonds is 10. The molecule has 0 spiro atoms. The van der Waals surface area contributed by atoms with E-state index in [-0.39, 0.29) is 18.4 Å². The highest BCUT2D eigenvalue weighted by Crippen LogP contribution is 2.35. The molecule has 36 heavy (non-hydrogen) atoms. The molecule has 1 amide bonds. The van der Waals surface area contributed by atoms with Gasteiger partial charge in [-0.05, 0) is 60.9 Å². The van der Waals surface area contributed by atoms with Gasteiger partial charge < -0.3 is 25.2 Å². The van der Waals surface area contributed by atoms with Crippen molar-refractivity contribution in [2.24, 2.45) is 5.92 Å². The van der Waals surface area contributed by atoms with Gasteiger partial charge >= 0.3 is 5.97 Å². The molecule has 7 nitrogen and oxygen atoms in total. The summed E-state index contributed by atoms with van der Waals surface area (Å²) in [5.41, 5.74) is 1.13. The molecule has 1 unspecified atom stereocenters. The van der Waals surface area contributed by atoms with Crippen LogP contribution in [0.3, 0.4) is 0 Å². The first kappa shape index (κ1) is 26.5. The molecule has 2 aromatic rings. The van der Waals surface area contributed by atoms with E-state index in [9.17, 15) is 19.8 Å². The van der Waals surface area contributed by atoms with Gasteiger partial charge in [0.1, 0.15) is 12.4 Å². The molecular weight excluding hydrogens is 476 g/mol. The number of nitrogens with zero attached hydrogens (tertiary/aromatic N) is 1. The van der Waals surface area contributed by atoms with E-state index in [2.05, 4.69) is 42.2 Å². The van der Waals surface area contributed by atoms with Gasteiger partial charge in [-0.2, -0.15) is 12.6 Å². The Bertz CT molecular complexity index is 1050. The van der Waals surface area contributed by atoms with Gasteiger partial charge in [0.05, 0.1) is 0 Å². The fourth-order valence-electron chi connectivity index (χ4n) is 5.43. The van der Waals surface area contributed by atoms with Gasteiger partial charge in [-0.3, -0.25) is 4.79 Å². The molecule has 1 atom stereocenters. The summed E-state index contributed by atoms with van der Waals surface area (Å²) in [5.74, 6) is -0.189. The van der Waals surface area contributed by atoms with Gasteiger partial charge in [-0.1, -0.05) is 43.2 Å². The smallest absolute Gasteiger partial charge is 0.339 e. The van der Waals surface area contributed by atoms with Gasteiger partial charge in [-0.15, -0.1) is 0 Å². The molecule has 0 radical (unpaired) electrons. The summed E-state index contributed by atoms with van der Waals surface area (Å²) in [4.78, 5) is 26.9. The zero-order chi connectivity index (χ0) is 25.5. The zero-order valence-corrected chi connectivity index (χ0v) is 21.5. The maximum atomic E-state index is 13.2. The fraction of sp³-hybridized carbons (Fsp3) is 0.500. The molecule has 3 N–H and O–H groups in total. The van der Waals surface area contributed by atoms with E-state index in [0.29, 0.717) is 49.0 Å². The molecule has 0 aromatic heterocycles. The molecule has 2 aliphatic rings.